The summed E-state index contributed by atoms with van der Waals surface area (Å²) in [4.78, 5) is 3.93. The molecule has 92 valence electrons. The highest BCUT2D eigenvalue weighted by Crippen LogP contribution is 2.50. The molecule has 1 nitrogen and oxygen atoms in total. The van der Waals surface area contributed by atoms with Crippen molar-refractivity contribution in [1.82, 2.24) is 0 Å². The van der Waals surface area contributed by atoms with Crippen molar-refractivity contribution in [2.24, 2.45) is 0 Å². The lowest BCUT2D eigenvalue weighted by atomic mass is 10.2. The zero-order valence-corrected chi connectivity index (χ0v) is 11.4. The summed E-state index contributed by atoms with van der Waals surface area (Å²) in [7, 11) is 0. The zero-order valence-electron chi connectivity index (χ0n) is 10.5. The maximum atomic E-state index is 2.52. The monoisotopic (exact) mass is 255 g/mol. The number of hydrogen-bond acceptors (Lipinski definition) is 2. The number of nitrogens with zero attached hydrogens (tertiary/aromatic N) is 1. The van der Waals surface area contributed by atoms with Gasteiger partial charge in [-0.1, -0.05) is 61.2 Å². The Morgan fingerprint density at radius 2 is 1.72 bits per heavy atom. The second-order valence-electron chi connectivity index (χ2n) is 4.54. The third-order valence-electron chi connectivity index (χ3n) is 3.25. The zero-order chi connectivity index (χ0) is 12.4. The van der Waals surface area contributed by atoms with Crippen LogP contribution in [0.25, 0.3) is 0 Å². The van der Waals surface area contributed by atoms with Gasteiger partial charge in [-0.05, 0) is 24.1 Å². The highest BCUT2D eigenvalue weighted by molar-refractivity contribution is 8.00. The fourth-order valence-electron chi connectivity index (χ4n) is 2.45. The minimum atomic E-state index is 0.434. The molecule has 0 bridgehead atoms. The maximum Gasteiger partial charge on any atom is 0.105 e. The number of rotatable bonds is 3. The number of benzene rings is 2. The van der Waals surface area contributed by atoms with Gasteiger partial charge in [0.25, 0.3) is 0 Å². The molecule has 2 aromatic rings. The molecule has 1 aliphatic rings. The highest BCUT2D eigenvalue weighted by Gasteiger charge is 2.29. The smallest absolute Gasteiger partial charge is 0.105 e. The van der Waals surface area contributed by atoms with Crippen LogP contribution in [0.1, 0.15) is 24.3 Å². The molecule has 0 spiro atoms. The third-order valence-corrected chi connectivity index (χ3v) is 4.59. The van der Waals surface area contributed by atoms with Gasteiger partial charge in [0.2, 0.25) is 0 Å². The Kier molecular flexibility index (Phi) is 3.28. The summed E-state index contributed by atoms with van der Waals surface area (Å²) < 4.78 is 0. The maximum absolute atomic E-state index is 2.52. The van der Waals surface area contributed by atoms with E-state index >= 15 is 0 Å². The first kappa shape index (κ1) is 11.7. The van der Waals surface area contributed by atoms with E-state index in [1.165, 1.54) is 22.6 Å². The molecule has 0 radical (unpaired) electrons. The van der Waals surface area contributed by atoms with Gasteiger partial charge in [0.05, 0.1) is 5.69 Å². The molecule has 1 aliphatic heterocycles. The molecule has 0 N–H and O–H groups in total. The summed E-state index contributed by atoms with van der Waals surface area (Å²) >= 11 is 1.96. The summed E-state index contributed by atoms with van der Waals surface area (Å²) in [6.45, 7) is 3.36. The molecule has 0 amide bonds. The summed E-state index contributed by atoms with van der Waals surface area (Å²) in [5.74, 6) is 0. The predicted octanol–water partition coefficient (Wildman–Crippen LogP) is 4.71. The van der Waals surface area contributed by atoms with Crippen LogP contribution in [0.2, 0.25) is 0 Å². The molecule has 1 unspecified atom stereocenters. The molecule has 2 aromatic carbocycles. The molecule has 0 aromatic heterocycles. The largest absolute Gasteiger partial charge is 0.354 e. The van der Waals surface area contributed by atoms with E-state index in [0.717, 1.165) is 6.54 Å². The SMILES string of the molecule is CCCN1c2ccccc2SC1c1ccccc1. The molecule has 0 saturated carbocycles. The molecular formula is C16H17NS. The normalized spacial score (nSPS) is 17.8. The fraction of sp³-hybridized carbons (Fsp3) is 0.250. The second-order valence-corrected chi connectivity index (χ2v) is 5.66. The van der Waals surface area contributed by atoms with Crippen molar-refractivity contribution in [1.29, 1.82) is 0 Å². The number of thioether (sulfide) groups is 1. The van der Waals surface area contributed by atoms with E-state index in [4.69, 9.17) is 0 Å². The van der Waals surface area contributed by atoms with Gasteiger partial charge in [-0.2, -0.15) is 0 Å². The van der Waals surface area contributed by atoms with E-state index in [1.807, 2.05) is 11.8 Å². The minimum Gasteiger partial charge on any atom is -0.354 e. The first-order chi connectivity index (χ1) is 8.90. The van der Waals surface area contributed by atoms with Crippen molar-refractivity contribution >= 4 is 17.4 Å². The molecule has 1 heterocycles. The molecule has 0 saturated heterocycles. The lowest BCUT2D eigenvalue weighted by Crippen LogP contribution is -2.23. The Labute approximate surface area is 113 Å². The molecule has 0 aliphatic carbocycles. The van der Waals surface area contributed by atoms with Gasteiger partial charge in [0.1, 0.15) is 5.37 Å². The standard InChI is InChI=1S/C16H17NS/c1-2-12-17-14-10-6-7-11-15(14)18-16(17)13-8-4-3-5-9-13/h3-11,16H,2,12H2,1H3. The first-order valence-electron chi connectivity index (χ1n) is 6.47. The molecule has 18 heavy (non-hydrogen) atoms. The van der Waals surface area contributed by atoms with Crippen molar-refractivity contribution < 1.29 is 0 Å². The topological polar surface area (TPSA) is 3.24 Å². The van der Waals surface area contributed by atoms with E-state index in [1.54, 1.807) is 0 Å². The summed E-state index contributed by atoms with van der Waals surface area (Å²) in [5.41, 5.74) is 2.78. The lowest BCUT2D eigenvalue weighted by Gasteiger charge is -2.26. The Bertz CT molecular complexity index is 524. The Balaban J connectivity index is 1.98. The van der Waals surface area contributed by atoms with Gasteiger partial charge < -0.3 is 4.90 Å². The first-order valence-corrected chi connectivity index (χ1v) is 7.35. The van der Waals surface area contributed by atoms with Crippen molar-refractivity contribution in [3.63, 3.8) is 0 Å². The van der Waals surface area contributed by atoms with E-state index < -0.39 is 0 Å². The molecule has 0 fully saturated rings. The van der Waals surface area contributed by atoms with Crippen molar-refractivity contribution in [2.45, 2.75) is 23.6 Å². The van der Waals surface area contributed by atoms with E-state index in [2.05, 4.69) is 66.4 Å². The average molecular weight is 255 g/mol. The van der Waals surface area contributed by atoms with E-state index in [0.29, 0.717) is 5.37 Å². The minimum absolute atomic E-state index is 0.434. The Morgan fingerprint density at radius 3 is 2.50 bits per heavy atom. The number of hydrogen-bond donors (Lipinski definition) is 0. The number of fused-ring (bicyclic) bond motifs is 1. The highest BCUT2D eigenvalue weighted by atomic mass is 32.2. The van der Waals surface area contributed by atoms with Crippen LogP contribution in [0.3, 0.4) is 0 Å². The third kappa shape index (κ3) is 2.01. The van der Waals surface area contributed by atoms with Gasteiger partial charge in [0, 0.05) is 11.4 Å². The van der Waals surface area contributed by atoms with Gasteiger partial charge in [-0.15, -0.1) is 0 Å². The average Bonchev–Trinajstić information content (AvgIpc) is 2.80. The van der Waals surface area contributed by atoms with Gasteiger partial charge >= 0.3 is 0 Å². The van der Waals surface area contributed by atoms with Gasteiger partial charge in [-0.25, -0.2) is 0 Å². The summed E-state index contributed by atoms with van der Waals surface area (Å²) in [6, 6.07) is 19.5. The van der Waals surface area contributed by atoms with Crippen molar-refractivity contribution in [3.8, 4) is 0 Å². The molecule has 1 atom stereocenters. The van der Waals surface area contributed by atoms with Crippen LogP contribution in [0.5, 0.6) is 0 Å². The van der Waals surface area contributed by atoms with Crippen LogP contribution in [0.4, 0.5) is 5.69 Å². The van der Waals surface area contributed by atoms with Crippen LogP contribution in [-0.2, 0) is 0 Å². The fourth-order valence-corrected chi connectivity index (χ4v) is 3.79. The predicted molar refractivity (Wildman–Crippen MR) is 79.1 cm³/mol. The van der Waals surface area contributed by atoms with Crippen molar-refractivity contribution in [3.05, 3.63) is 60.2 Å². The van der Waals surface area contributed by atoms with Crippen LogP contribution in [-0.4, -0.2) is 6.54 Å². The van der Waals surface area contributed by atoms with Crippen LogP contribution >= 0.6 is 11.8 Å². The summed E-state index contributed by atoms with van der Waals surface area (Å²) in [6.07, 6.45) is 1.18. The molecular weight excluding hydrogens is 238 g/mol. The van der Waals surface area contributed by atoms with Gasteiger partial charge in [-0.3, -0.25) is 0 Å². The van der Waals surface area contributed by atoms with Gasteiger partial charge in [0.15, 0.2) is 0 Å². The van der Waals surface area contributed by atoms with Crippen LogP contribution in [0.15, 0.2) is 59.5 Å². The quantitative estimate of drug-likeness (QED) is 0.781. The number of para-hydroxylation sites is 1. The summed E-state index contributed by atoms with van der Waals surface area (Å²) in [5, 5.41) is 0.434. The Hall–Kier alpha value is -1.41. The van der Waals surface area contributed by atoms with Crippen LogP contribution in [0, 0.1) is 0 Å². The Morgan fingerprint density at radius 1 is 1.00 bits per heavy atom. The van der Waals surface area contributed by atoms with E-state index in [9.17, 15) is 0 Å². The lowest BCUT2D eigenvalue weighted by molar-refractivity contribution is 0.762. The van der Waals surface area contributed by atoms with Crippen molar-refractivity contribution in [2.75, 3.05) is 11.4 Å². The molecule has 3 rings (SSSR count). The molecule has 2 heteroatoms. The number of anilines is 1. The van der Waals surface area contributed by atoms with E-state index in [-0.39, 0.29) is 0 Å². The van der Waals surface area contributed by atoms with Crippen LogP contribution < -0.4 is 4.90 Å². The second kappa shape index (κ2) is 5.07.